The molecule has 1 amide bonds. The number of rotatable bonds is 4. The van der Waals surface area contributed by atoms with Gasteiger partial charge in [-0.25, -0.2) is 4.98 Å². The van der Waals surface area contributed by atoms with Crippen LogP contribution < -0.4 is 10.6 Å². The highest BCUT2D eigenvalue weighted by Crippen LogP contribution is 2.25. The summed E-state index contributed by atoms with van der Waals surface area (Å²) in [7, 11) is 0. The summed E-state index contributed by atoms with van der Waals surface area (Å²) >= 11 is 1.59. The first-order valence-electron chi connectivity index (χ1n) is 5.78. The number of unbranched alkanes of at least 4 members (excludes halogenated alkanes) is 1. The molecule has 0 bridgehead atoms. The molecule has 0 fully saturated rings. The van der Waals surface area contributed by atoms with Crippen molar-refractivity contribution in [2.45, 2.75) is 39.2 Å². The van der Waals surface area contributed by atoms with Gasteiger partial charge in [-0.1, -0.05) is 13.3 Å². The van der Waals surface area contributed by atoms with E-state index in [2.05, 4.69) is 22.5 Å². The summed E-state index contributed by atoms with van der Waals surface area (Å²) in [4.78, 5) is 17.2. The van der Waals surface area contributed by atoms with E-state index in [0.29, 0.717) is 6.42 Å². The zero-order chi connectivity index (χ0) is 11.4. The first-order valence-corrected chi connectivity index (χ1v) is 6.60. The number of aromatic nitrogens is 1. The van der Waals surface area contributed by atoms with E-state index >= 15 is 0 Å². The van der Waals surface area contributed by atoms with Gasteiger partial charge in [0.05, 0.1) is 5.69 Å². The lowest BCUT2D eigenvalue weighted by molar-refractivity contribution is -0.116. The highest BCUT2D eigenvalue weighted by Gasteiger charge is 2.15. The van der Waals surface area contributed by atoms with Gasteiger partial charge in [0.1, 0.15) is 0 Å². The van der Waals surface area contributed by atoms with Gasteiger partial charge in [0.25, 0.3) is 0 Å². The number of thiazole rings is 1. The third-order valence-electron chi connectivity index (χ3n) is 2.61. The molecule has 0 saturated heterocycles. The summed E-state index contributed by atoms with van der Waals surface area (Å²) in [6, 6.07) is 0. The maximum Gasteiger partial charge on any atom is 0.226 e. The summed E-state index contributed by atoms with van der Waals surface area (Å²) in [6.07, 6.45) is 3.56. The third-order valence-corrected chi connectivity index (χ3v) is 3.62. The molecule has 1 aromatic heterocycles. The molecule has 5 heteroatoms. The fourth-order valence-corrected chi connectivity index (χ4v) is 2.69. The Morgan fingerprint density at radius 3 is 3.25 bits per heavy atom. The van der Waals surface area contributed by atoms with Crippen LogP contribution in [0.25, 0.3) is 0 Å². The van der Waals surface area contributed by atoms with Crippen LogP contribution in [-0.2, 0) is 17.8 Å². The van der Waals surface area contributed by atoms with Gasteiger partial charge in [-0.05, 0) is 6.42 Å². The lowest BCUT2D eigenvalue weighted by Gasteiger charge is -2.09. The van der Waals surface area contributed by atoms with Crippen LogP contribution in [0.5, 0.6) is 0 Å². The van der Waals surface area contributed by atoms with Crippen LogP contribution in [-0.4, -0.2) is 17.4 Å². The number of hydrogen-bond acceptors (Lipinski definition) is 4. The Bertz CT molecular complexity index is 352. The fraction of sp³-hybridized carbons (Fsp3) is 0.636. The first-order chi connectivity index (χ1) is 7.79. The van der Waals surface area contributed by atoms with E-state index in [0.717, 1.165) is 43.2 Å². The van der Waals surface area contributed by atoms with Crippen LogP contribution in [0.4, 0.5) is 5.13 Å². The summed E-state index contributed by atoms with van der Waals surface area (Å²) in [6.45, 7) is 3.96. The predicted molar refractivity (Wildman–Crippen MR) is 65.7 cm³/mol. The number of carbonyl (C=O) groups excluding carboxylic acids is 1. The molecule has 1 aliphatic rings. The molecule has 0 aromatic carbocycles. The van der Waals surface area contributed by atoms with E-state index in [4.69, 9.17) is 0 Å². The minimum atomic E-state index is 0.0842. The van der Waals surface area contributed by atoms with Gasteiger partial charge in [0, 0.05) is 30.8 Å². The van der Waals surface area contributed by atoms with Gasteiger partial charge in [-0.15, -0.1) is 11.3 Å². The van der Waals surface area contributed by atoms with Crippen molar-refractivity contribution in [3.8, 4) is 0 Å². The van der Waals surface area contributed by atoms with Crippen molar-refractivity contribution in [1.82, 2.24) is 10.3 Å². The number of nitrogens with zero attached hydrogens (tertiary/aromatic N) is 1. The van der Waals surface area contributed by atoms with Crippen molar-refractivity contribution in [2.75, 3.05) is 11.9 Å². The summed E-state index contributed by atoms with van der Waals surface area (Å²) < 4.78 is 0. The second-order valence-electron chi connectivity index (χ2n) is 3.97. The maximum atomic E-state index is 11.5. The predicted octanol–water partition coefficient (Wildman–Crippen LogP) is 1.92. The smallest absolute Gasteiger partial charge is 0.226 e. The van der Waals surface area contributed by atoms with Crippen LogP contribution in [0.2, 0.25) is 0 Å². The van der Waals surface area contributed by atoms with Crippen molar-refractivity contribution in [2.24, 2.45) is 0 Å². The van der Waals surface area contributed by atoms with E-state index in [1.54, 1.807) is 11.3 Å². The van der Waals surface area contributed by atoms with Gasteiger partial charge in [-0.2, -0.15) is 0 Å². The summed E-state index contributed by atoms with van der Waals surface area (Å²) in [5.74, 6) is 0.0842. The normalized spacial score (nSPS) is 14.6. The summed E-state index contributed by atoms with van der Waals surface area (Å²) in [5.41, 5.74) is 1.15. The van der Waals surface area contributed by atoms with Gasteiger partial charge in [0.2, 0.25) is 5.91 Å². The molecule has 88 valence electrons. The monoisotopic (exact) mass is 239 g/mol. The topological polar surface area (TPSA) is 54.0 Å². The molecule has 2 rings (SSSR count). The van der Waals surface area contributed by atoms with Crippen LogP contribution in [0.1, 0.15) is 36.8 Å². The molecule has 0 aliphatic carbocycles. The molecule has 2 N–H and O–H groups in total. The Morgan fingerprint density at radius 1 is 1.62 bits per heavy atom. The summed E-state index contributed by atoms with van der Waals surface area (Å²) in [5, 5.41) is 6.93. The molecule has 4 nitrogen and oxygen atoms in total. The van der Waals surface area contributed by atoms with Crippen LogP contribution >= 0.6 is 11.3 Å². The van der Waals surface area contributed by atoms with E-state index in [1.807, 2.05) is 0 Å². The Kier molecular flexibility index (Phi) is 3.90. The van der Waals surface area contributed by atoms with Gasteiger partial charge in [-0.3, -0.25) is 4.79 Å². The van der Waals surface area contributed by atoms with E-state index in [9.17, 15) is 4.79 Å². The molecule has 2 heterocycles. The molecule has 0 unspecified atom stereocenters. The molecule has 0 saturated carbocycles. The average molecular weight is 239 g/mol. The van der Waals surface area contributed by atoms with E-state index in [-0.39, 0.29) is 5.91 Å². The highest BCUT2D eigenvalue weighted by atomic mass is 32.1. The molecule has 16 heavy (non-hydrogen) atoms. The number of hydrogen-bond donors (Lipinski definition) is 2. The standard InChI is InChI=1S/C11H17N3OS/c1-2-3-4-10(15)14-11-13-8-5-6-12-7-9(8)16-11/h12H,2-7H2,1H3,(H,13,14,15). The Labute approximate surface area is 99.5 Å². The Balaban J connectivity index is 1.94. The maximum absolute atomic E-state index is 11.5. The minimum Gasteiger partial charge on any atom is -0.311 e. The number of anilines is 1. The second kappa shape index (κ2) is 5.41. The number of fused-ring (bicyclic) bond motifs is 1. The Morgan fingerprint density at radius 2 is 2.50 bits per heavy atom. The number of amides is 1. The SMILES string of the molecule is CCCCC(=O)Nc1nc2c(s1)CNCC2. The lowest BCUT2D eigenvalue weighted by atomic mass is 10.2. The minimum absolute atomic E-state index is 0.0842. The molecule has 0 atom stereocenters. The quantitative estimate of drug-likeness (QED) is 0.844. The molecule has 1 aliphatic heterocycles. The van der Waals surface area contributed by atoms with Crippen molar-refractivity contribution >= 4 is 22.4 Å². The average Bonchev–Trinajstić information content (AvgIpc) is 2.68. The first kappa shape index (κ1) is 11.5. The van der Waals surface area contributed by atoms with Crippen LogP contribution in [0.15, 0.2) is 0 Å². The zero-order valence-electron chi connectivity index (χ0n) is 9.51. The molecule has 0 radical (unpaired) electrons. The molecular formula is C11H17N3OS. The number of nitrogens with one attached hydrogen (secondary N) is 2. The van der Waals surface area contributed by atoms with Crippen LogP contribution in [0.3, 0.4) is 0 Å². The second-order valence-corrected chi connectivity index (χ2v) is 5.05. The van der Waals surface area contributed by atoms with Gasteiger partial charge < -0.3 is 10.6 Å². The molecular weight excluding hydrogens is 222 g/mol. The molecule has 1 aromatic rings. The molecule has 0 spiro atoms. The van der Waals surface area contributed by atoms with Crippen molar-refractivity contribution in [3.63, 3.8) is 0 Å². The van der Waals surface area contributed by atoms with E-state index < -0.39 is 0 Å². The van der Waals surface area contributed by atoms with Crippen LogP contribution in [0, 0.1) is 0 Å². The number of carbonyl (C=O) groups is 1. The third kappa shape index (κ3) is 2.80. The van der Waals surface area contributed by atoms with Crippen molar-refractivity contribution in [3.05, 3.63) is 10.6 Å². The Hall–Kier alpha value is -0.940. The van der Waals surface area contributed by atoms with Crippen molar-refractivity contribution < 1.29 is 4.79 Å². The van der Waals surface area contributed by atoms with Gasteiger partial charge in [0.15, 0.2) is 5.13 Å². The largest absolute Gasteiger partial charge is 0.311 e. The highest BCUT2D eigenvalue weighted by molar-refractivity contribution is 7.15. The lowest BCUT2D eigenvalue weighted by Crippen LogP contribution is -2.22. The van der Waals surface area contributed by atoms with Crippen molar-refractivity contribution in [1.29, 1.82) is 0 Å². The van der Waals surface area contributed by atoms with Gasteiger partial charge >= 0.3 is 0 Å². The zero-order valence-corrected chi connectivity index (χ0v) is 10.3. The van der Waals surface area contributed by atoms with E-state index in [1.165, 1.54) is 4.88 Å². The fourth-order valence-electron chi connectivity index (χ4n) is 1.70.